The van der Waals surface area contributed by atoms with Gasteiger partial charge in [0.1, 0.15) is 0 Å². The third-order valence-corrected chi connectivity index (χ3v) is 5.00. The number of likely N-dealkylation sites (tertiary alicyclic amines) is 1. The molecule has 8 heteroatoms. The number of hydrogen-bond acceptors (Lipinski definition) is 3. The molecule has 2 N–H and O–H groups in total. The lowest BCUT2D eigenvalue weighted by Crippen LogP contribution is -2.46. The van der Waals surface area contributed by atoms with Gasteiger partial charge in [-0.2, -0.15) is 13.2 Å². The summed E-state index contributed by atoms with van der Waals surface area (Å²) in [4.78, 5) is 26.4. The number of benzene rings is 2. The summed E-state index contributed by atoms with van der Waals surface area (Å²) in [5, 5.41) is 5.74. The first kappa shape index (κ1) is 21.8. The van der Waals surface area contributed by atoms with Crippen LogP contribution >= 0.6 is 0 Å². The van der Waals surface area contributed by atoms with Crippen molar-refractivity contribution in [1.82, 2.24) is 10.2 Å². The van der Waals surface area contributed by atoms with Gasteiger partial charge in [0.15, 0.2) is 0 Å². The first-order chi connectivity index (χ1) is 14.3. The van der Waals surface area contributed by atoms with E-state index in [4.69, 9.17) is 0 Å². The van der Waals surface area contributed by atoms with Crippen LogP contribution in [-0.2, 0) is 22.2 Å². The summed E-state index contributed by atoms with van der Waals surface area (Å²) in [7, 11) is 0. The number of nitrogens with zero attached hydrogens (tertiary/aromatic N) is 1. The van der Waals surface area contributed by atoms with E-state index in [1.54, 1.807) is 0 Å². The molecule has 1 fully saturated rings. The van der Waals surface area contributed by atoms with Gasteiger partial charge in [0.2, 0.25) is 11.8 Å². The minimum Gasteiger partial charge on any atom is -0.353 e. The molecule has 160 valence electrons. The van der Waals surface area contributed by atoms with E-state index >= 15 is 0 Å². The molecule has 0 atom stereocenters. The molecule has 0 unspecified atom stereocenters. The molecule has 0 spiro atoms. The first-order valence-electron chi connectivity index (χ1n) is 9.82. The molecule has 1 saturated heterocycles. The molecule has 30 heavy (non-hydrogen) atoms. The molecular formula is C22H24F3N3O2. The Bertz CT molecular complexity index is 863. The van der Waals surface area contributed by atoms with Crippen LogP contribution in [0.25, 0.3) is 0 Å². The van der Waals surface area contributed by atoms with Gasteiger partial charge >= 0.3 is 6.18 Å². The van der Waals surface area contributed by atoms with Crippen LogP contribution in [0.4, 0.5) is 18.9 Å². The summed E-state index contributed by atoms with van der Waals surface area (Å²) in [6, 6.07) is 14.0. The van der Waals surface area contributed by atoms with Crippen molar-refractivity contribution >= 4 is 17.5 Å². The van der Waals surface area contributed by atoms with E-state index in [9.17, 15) is 22.8 Å². The van der Waals surface area contributed by atoms with Gasteiger partial charge in [-0.25, -0.2) is 0 Å². The van der Waals surface area contributed by atoms with Gasteiger partial charge < -0.3 is 10.6 Å². The summed E-state index contributed by atoms with van der Waals surface area (Å²) >= 11 is 0. The highest BCUT2D eigenvalue weighted by molar-refractivity contribution is 5.92. The second-order valence-corrected chi connectivity index (χ2v) is 7.41. The second-order valence-electron chi connectivity index (χ2n) is 7.41. The van der Waals surface area contributed by atoms with Crippen LogP contribution in [0.5, 0.6) is 0 Å². The van der Waals surface area contributed by atoms with Gasteiger partial charge in [-0.05, 0) is 36.6 Å². The van der Waals surface area contributed by atoms with Gasteiger partial charge in [0.05, 0.1) is 18.5 Å². The van der Waals surface area contributed by atoms with Gasteiger partial charge in [0, 0.05) is 24.8 Å². The van der Waals surface area contributed by atoms with Crippen molar-refractivity contribution in [2.45, 2.75) is 31.5 Å². The standard InChI is InChI=1S/C22H24F3N3O2/c23-22(24,25)17-6-4-5-16(13-17)14-20(29)26-19-9-11-28(12-10-19)15-21(30)27-18-7-2-1-3-8-18/h1-8,13,19H,9-12,14-15H2,(H,26,29)(H,27,30). The summed E-state index contributed by atoms with van der Waals surface area (Å²) in [5.41, 5.74) is 0.325. The number of nitrogens with one attached hydrogen (secondary N) is 2. The number of carbonyl (C=O) groups is 2. The largest absolute Gasteiger partial charge is 0.416 e. The van der Waals surface area contributed by atoms with Gasteiger partial charge in [-0.15, -0.1) is 0 Å². The van der Waals surface area contributed by atoms with Crippen molar-refractivity contribution in [1.29, 1.82) is 0 Å². The number of piperidine rings is 1. The maximum absolute atomic E-state index is 12.8. The van der Waals surface area contributed by atoms with Crippen LogP contribution in [0.2, 0.25) is 0 Å². The molecule has 2 amide bonds. The van der Waals surface area contributed by atoms with E-state index in [0.29, 0.717) is 31.5 Å². The van der Waals surface area contributed by atoms with Crippen LogP contribution in [0.1, 0.15) is 24.0 Å². The molecule has 2 aromatic carbocycles. The first-order valence-corrected chi connectivity index (χ1v) is 9.82. The highest BCUT2D eigenvalue weighted by Crippen LogP contribution is 2.29. The Morgan fingerprint density at radius 3 is 2.33 bits per heavy atom. The monoisotopic (exact) mass is 419 g/mol. The lowest BCUT2D eigenvalue weighted by molar-refractivity contribution is -0.137. The van der Waals surface area contributed by atoms with Crippen molar-refractivity contribution in [2.75, 3.05) is 25.0 Å². The normalized spacial score (nSPS) is 15.6. The number of carbonyl (C=O) groups excluding carboxylic acids is 2. The van der Waals surface area contributed by atoms with Crippen molar-refractivity contribution in [2.24, 2.45) is 0 Å². The molecule has 1 heterocycles. The van der Waals surface area contributed by atoms with Crippen molar-refractivity contribution in [3.05, 3.63) is 65.7 Å². The van der Waals surface area contributed by atoms with E-state index in [-0.39, 0.29) is 30.8 Å². The van der Waals surface area contributed by atoms with Crippen LogP contribution < -0.4 is 10.6 Å². The van der Waals surface area contributed by atoms with Crippen molar-refractivity contribution in [3.63, 3.8) is 0 Å². The number of rotatable bonds is 6. The number of para-hydroxylation sites is 1. The molecule has 2 aromatic rings. The lowest BCUT2D eigenvalue weighted by Gasteiger charge is -2.31. The molecule has 5 nitrogen and oxygen atoms in total. The average molecular weight is 419 g/mol. The molecule has 0 saturated carbocycles. The Morgan fingerprint density at radius 1 is 0.967 bits per heavy atom. The average Bonchev–Trinajstić information content (AvgIpc) is 2.70. The Labute approximate surface area is 173 Å². The molecule has 3 rings (SSSR count). The number of hydrogen-bond donors (Lipinski definition) is 2. The molecular weight excluding hydrogens is 395 g/mol. The zero-order valence-corrected chi connectivity index (χ0v) is 16.4. The maximum Gasteiger partial charge on any atom is 0.416 e. The Morgan fingerprint density at radius 2 is 1.67 bits per heavy atom. The third-order valence-electron chi connectivity index (χ3n) is 5.00. The minimum atomic E-state index is -4.42. The molecule has 0 aromatic heterocycles. The van der Waals surface area contributed by atoms with E-state index in [1.165, 1.54) is 12.1 Å². The highest BCUT2D eigenvalue weighted by Gasteiger charge is 2.30. The van der Waals surface area contributed by atoms with Crippen molar-refractivity contribution in [3.8, 4) is 0 Å². The minimum absolute atomic E-state index is 0.0447. The Kier molecular flexibility index (Phi) is 7.10. The fourth-order valence-electron chi connectivity index (χ4n) is 3.48. The second kappa shape index (κ2) is 9.75. The summed E-state index contributed by atoms with van der Waals surface area (Å²) in [5.74, 6) is -0.386. The van der Waals surface area contributed by atoms with Gasteiger partial charge in [0.25, 0.3) is 0 Å². The van der Waals surface area contributed by atoms with Crippen LogP contribution in [0.15, 0.2) is 54.6 Å². The predicted octanol–water partition coefficient (Wildman–Crippen LogP) is 3.47. The van der Waals surface area contributed by atoms with Crippen LogP contribution in [0.3, 0.4) is 0 Å². The molecule has 0 bridgehead atoms. The molecule has 1 aliphatic heterocycles. The van der Waals surface area contributed by atoms with Gasteiger partial charge in [-0.3, -0.25) is 14.5 Å². The molecule has 1 aliphatic rings. The summed E-state index contributed by atoms with van der Waals surface area (Å²) in [6.07, 6.45) is -3.14. The Hall–Kier alpha value is -2.87. The Balaban J connectivity index is 1.41. The SMILES string of the molecule is O=C(CN1CCC(NC(=O)Cc2cccc(C(F)(F)F)c2)CC1)Nc1ccccc1. The number of amides is 2. The van der Waals surface area contributed by atoms with E-state index in [2.05, 4.69) is 10.6 Å². The quantitative estimate of drug-likeness (QED) is 0.754. The van der Waals surface area contributed by atoms with Crippen LogP contribution in [-0.4, -0.2) is 42.4 Å². The third kappa shape index (κ3) is 6.59. The fraction of sp³-hybridized carbons (Fsp3) is 0.364. The highest BCUT2D eigenvalue weighted by atomic mass is 19.4. The van der Waals surface area contributed by atoms with Crippen LogP contribution in [0, 0.1) is 0 Å². The van der Waals surface area contributed by atoms with Crippen molar-refractivity contribution < 1.29 is 22.8 Å². The smallest absolute Gasteiger partial charge is 0.353 e. The summed E-state index contributed by atoms with van der Waals surface area (Å²) < 4.78 is 38.4. The topological polar surface area (TPSA) is 61.4 Å². The fourth-order valence-corrected chi connectivity index (χ4v) is 3.48. The van der Waals surface area contributed by atoms with Gasteiger partial charge in [-0.1, -0.05) is 36.4 Å². The van der Waals surface area contributed by atoms with E-state index in [0.717, 1.165) is 17.8 Å². The number of anilines is 1. The zero-order chi connectivity index (χ0) is 21.6. The van der Waals surface area contributed by atoms with E-state index < -0.39 is 11.7 Å². The lowest BCUT2D eigenvalue weighted by atomic mass is 10.0. The van der Waals surface area contributed by atoms with E-state index in [1.807, 2.05) is 35.2 Å². The number of alkyl halides is 3. The molecule has 0 aliphatic carbocycles. The number of halogens is 3. The summed E-state index contributed by atoms with van der Waals surface area (Å²) in [6.45, 7) is 1.60. The zero-order valence-electron chi connectivity index (χ0n) is 16.4. The molecule has 0 radical (unpaired) electrons. The maximum atomic E-state index is 12.8. The predicted molar refractivity (Wildman–Crippen MR) is 108 cm³/mol.